The van der Waals surface area contributed by atoms with Gasteiger partial charge in [-0.25, -0.2) is 4.98 Å². The Balaban J connectivity index is 2.12. The summed E-state index contributed by atoms with van der Waals surface area (Å²) in [6, 6.07) is 19.0. The van der Waals surface area contributed by atoms with Gasteiger partial charge in [0.25, 0.3) is 0 Å². The van der Waals surface area contributed by atoms with Crippen molar-refractivity contribution in [3.8, 4) is 11.3 Å². The second-order valence-corrected chi connectivity index (χ2v) is 5.07. The summed E-state index contributed by atoms with van der Waals surface area (Å²) in [6.07, 6.45) is 0. The van der Waals surface area contributed by atoms with Crippen LogP contribution in [0.2, 0.25) is 0 Å². The summed E-state index contributed by atoms with van der Waals surface area (Å²) in [7, 11) is 1.97. The first-order valence-electron chi connectivity index (χ1n) is 6.88. The molecule has 0 saturated carbocycles. The van der Waals surface area contributed by atoms with Gasteiger partial charge in [-0.05, 0) is 43.3 Å². The molecule has 0 saturated heterocycles. The molecule has 0 unspecified atom stereocenters. The lowest BCUT2D eigenvalue weighted by atomic mass is 10.0. The summed E-state index contributed by atoms with van der Waals surface area (Å²) in [4.78, 5) is 4.79. The third-order valence-corrected chi connectivity index (χ3v) is 3.56. The normalized spacial score (nSPS) is 10.9. The SMILES string of the molecule is CNCc1ccc(C)c(-c2ccc3ccccc3n2)c1. The monoisotopic (exact) mass is 262 g/mol. The van der Waals surface area contributed by atoms with Crippen LogP contribution in [0.15, 0.2) is 54.6 Å². The van der Waals surface area contributed by atoms with E-state index in [4.69, 9.17) is 4.98 Å². The second kappa shape index (κ2) is 5.43. The molecule has 100 valence electrons. The first-order valence-corrected chi connectivity index (χ1v) is 6.88. The van der Waals surface area contributed by atoms with E-state index in [1.165, 1.54) is 22.1 Å². The first kappa shape index (κ1) is 12.8. The van der Waals surface area contributed by atoms with Crippen LogP contribution in [0.1, 0.15) is 11.1 Å². The fourth-order valence-corrected chi connectivity index (χ4v) is 2.48. The number of aromatic nitrogens is 1. The number of pyridine rings is 1. The van der Waals surface area contributed by atoms with E-state index in [-0.39, 0.29) is 0 Å². The molecule has 0 radical (unpaired) electrons. The van der Waals surface area contributed by atoms with E-state index in [2.05, 4.69) is 54.7 Å². The number of rotatable bonds is 3. The fraction of sp³-hybridized carbons (Fsp3) is 0.167. The minimum Gasteiger partial charge on any atom is -0.316 e. The quantitative estimate of drug-likeness (QED) is 0.773. The van der Waals surface area contributed by atoms with E-state index in [1.807, 2.05) is 19.2 Å². The zero-order valence-corrected chi connectivity index (χ0v) is 11.9. The van der Waals surface area contributed by atoms with Crippen LogP contribution >= 0.6 is 0 Å². The molecule has 0 spiro atoms. The van der Waals surface area contributed by atoms with Crippen molar-refractivity contribution in [1.82, 2.24) is 10.3 Å². The Kier molecular flexibility index (Phi) is 3.48. The van der Waals surface area contributed by atoms with Crippen molar-refractivity contribution in [1.29, 1.82) is 0 Å². The Morgan fingerprint density at radius 1 is 1.00 bits per heavy atom. The lowest BCUT2D eigenvalue weighted by molar-refractivity contribution is 0.818. The molecule has 20 heavy (non-hydrogen) atoms. The summed E-state index contributed by atoms with van der Waals surface area (Å²) in [5.41, 5.74) is 5.83. The minimum absolute atomic E-state index is 0.876. The number of para-hydroxylation sites is 1. The van der Waals surface area contributed by atoms with E-state index in [0.29, 0.717) is 0 Å². The van der Waals surface area contributed by atoms with Gasteiger partial charge in [-0.3, -0.25) is 0 Å². The van der Waals surface area contributed by atoms with E-state index < -0.39 is 0 Å². The number of benzene rings is 2. The van der Waals surface area contributed by atoms with Gasteiger partial charge in [-0.15, -0.1) is 0 Å². The molecule has 3 rings (SSSR count). The number of nitrogens with zero attached hydrogens (tertiary/aromatic N) is 1. The van der Waals surface area contributed by atoms with Crippen LogP contribution in [0.4, 0.5) is 0 Å². The molecule has 0 aliphatic rings. The maximum Gasteiger partial charge on any atom is 0.0712 e. The topological polar surface area (TPSA) is 24.9 Å². The largest absolute Gasteiger partial charge is 0.316 e. The van der Waals surface area contributed by atoms with Gasteiger partial charge in [0, 0.05) is 17.5 Å². The lowest BCUT2D eigenvalue weighted by Crippen LogP contribution is -2.05. The van der Waals surface area contributed by atoms with Crippen molar-refractivity contribution in [3.63, 3.8) is 0 Å². The van der Waals surface area contributed by atoms with Crippen LogP contribution < -0.4 is 5.32 Å². The fourth-order valence-electron chi connectivity index (χ4n) is 2.48. The molecule has 2 aromatic carbocycles. The van der Waals surface area contributed by atoms with E-state index in [9.17, 15) is 0 Å². The Morgan fingerprint density at radius 3 is 2.70 bits per heavy atom. The molecule has 0 aliphatic carbocycles. The van der Waals surface area contributed by atoms with Crippen LogP contribution in [-0.4, -0.2) is 12.0 Å². The van der Waals surface area contributed by atoms with Gasteiger partial charge < -0.3 is 5.32 Å². The van der Waals surface area contributed by atoms with E-state index in [0.717, 1.165) is 17.8 Å². The number of fused-ring (bicyclic) bond motifs is 1. The molecule has 1 N–H and O–H groups in total. The summed E-state index contributed by atoms with van der Waals surface area (Å²) in [5.74, 6) is 0. The predicted molar refractivity (Wildman–Crippen MR) is 84.7 cm³/mol. The average Bonchev–Trinajstić information content (AvgIpc) is 2.49. The minimum atomic E-state index is 0.876. The van der Waals surface area contributed by atoms with E-state index >= 15 is 0 Å². The van der Waals surface area contributed by atoms with Crippen molar-refractivity contribution in [2.24, 2.45) is 0 Å². The Labute approximate surface area is 119 Å². The van der Waals surface area contributed by atoms with Crippen molar-refractivity contribution < 1.29 is 0 Å². The lowest BCUT2D eigenvalue weighted by Gasteiger charge is -2.09. The van der Waals surface area contributed by atoms with Gasteiger partial charge in [0.15, 0.2) is 0 Å². The smallest absolute Gasteiger partial charge is 0.0712 e. The highest BCUT2D eigenvalue weighted by atomic mass is 14.8. The summed E-state index contributed by atoms with van der Waals surface area (Å²) >= 11 is 0. The molecule has 1 heterocycles. The van der Waals surface area contributed by atoms with Crippen LogP contribution in [0, 0.1) is 6.92 Å². The zero-order chi connectivity index (χ0) is 13.9. The third-order valence-electron chi connectivity index (χ3n) is 3.56. The Hall–Kier alpha value is -2.19. The van der Waals surface area contributed by atoms with Gasteiger partial charge in [-0.1, -0.05) is 36.4 Å². The molecule has 0 aliphatic heterocycles. The number of nitrogens with one attached hydrogen (secondary N) is 1. The van der Waals surface area contributed by atoms with Crippen LogP contribution in [0.5, 0.6) is 0 Å². The number of hydrogen-bond acceptors (Lipinski definition) is 2. The van der Waals surface area contributed by atoms with Crippen LogP contribution in [-0.2, 0) is 6.54 Å². The summed E-state index contributed by atoms with van der Waals surface area (Å²) in [6.45, 7) is 3.01. The van der Waals surface area contributed by atoms with Crippen molar-refractivity contribution in [3.05, 3.63) is 65.7 Å². The van der Waals surface area contributed by atoms with Crippen molar-refractivity contribution >= 4 is 10.9 Å². The molecule has 2 nitrogen and oxygen atoms in total. The third kappa shape index (κ3) is 2.43. The maximum absolute atomic E-state index is 4.79. The highest BCUT2D eigenvalue weighted by molar-refractivity contribution is 5.81. The summed E-state index contributed by atoms with van der Waals surface area (Å²) in [5, 5.41) is 4.37. The molecule has 0 amide bonds. The van der Waals surface area contributed by atoms with E-state index in [1.54, 1.807) is 0 Å². The number of hydrogen-bond donors (Lipinski definition) is 1. The standard InChI is InChI=1S/C18H18N2/c1-13-7-8-14(12-19-2)11-16(13)18-10-9-15-5-3-4-6-17(15)20-18/h3-11,19H,12H2,1-2H3. The Morgan fingerprint density at radius 2 is 1.85 bits per heavy atom. The van der Waals surface area contributed by atoms with Crippen LogP contribution in [0.3, 0.4) is 0 Å². The maximum atomic E-state index is 4.79. The highest BCUT2D eigenvalue weighted by Crippen LogP contribution is 2.25. The van der Waals surface area contributed by atoms with Crippen molar-refractivity contribution in [2.75, 3.05) is 7.05 Å². The van der Waals surface area contributed by atoms with Gasteiger partial charge in [0.2, 0.25) is 0 Å². The van der Waals surface area contributed by atoms with Gasteiger partial charge >= 0.3 is 0 Å². The molecule has 3 aromatic rings. The highest BCUT2D eigenvalue weighted by Gasteiger charge is 2.06. The van der Waals surface area contributed by atoms with Gasteiger partial charge in [0.05, 0.1) is 11.2 Å². The molecule has 0 bridgehead atoms. The molecule has 0 fully saturated rings. The second-order valence-electron chi connectivity index (χ2n) is 5.07. The molecule has 1 aromatic heterocycles. The Bertz CT molecular complexity index is 747. The summed E-state index contributed by atoms with van der Waals surface area (Å²) < 4.78 is 0. The van der Waals surface area contributed by atoms with Crippen molar-refractivity contribution in [2.45, 2.75) is 13.5 Å². The molecular weight excluding hydrogens is 244 g/mol. The average molecular weight is 262 g/mol. The zero-order valence-electron chi connectivity index (χ0n) is 11.9. The van der Waals surface area contributed by atoms with Gasteiger partial charge in [-0.2, -0.15) is 0 Å². The molecule has 2 heteroatoms. The molecule has 0 atom stereocenters. The first-order chi connectivity index (χ1) is 9.78. The van der Waals surface area contributed by atoms with Crippen LogP contribution in [0.25, 0.3) is 22.2 Å². The van der Waals surface area contributed by atoms with Gasteiger partial charge in [0.1, 0.15) is 0 Å². The predicted octanol–water partition coefficient (Wildman–Crippen LogP) is 3.93. The number of aryl methyl sites for hydroxylation is 1. The molecular formula is C18H18N2.